The van der Waals surface area contributed by atoms with Crippen LogP contribution in [0.25, 0.3) is 0 Å². The highest BCUT2D eigenvalue weighted by molar-refractivity contribution is 8.03. The van der Waals surface area contributed by atoms with Crippen LogP contribution in [-0.2, 0) is 4.79 Å². The molecule has 0 aliphatic heterocycles. The summed E-state index contributed by atoms with van der Waals surface area (Å²) in [5.41, 5.74) is 1.27. The average Bonchev–Trinajstić information content (AvgIpc) is 3.03. The van der Waals surface area contributed by atoms with Crippen LogP contribution in [0.1, 0.15) is 38.7 Å². The molecular formula is C17H23N3OS3. The molecule has 0 fully saturated rings. The van der Waals surface area contributed by atoms with E-state index in [1.165, 1.54) is 17.3 Å². The van der Waals surface area contributed by atoms with Gasteiger partial charge in [0.1, 0.15) is 0 Å². The number of amides is 1. The Balaban J connectivity index is 1.84. The SMILES string of the molecule is CCSc1nnc(S[C@H](C)C(=O)NC[C@H](CC)c2ccccc2)s1. The maximum absolute atomic E-state index is 12.4. The molecule has 1 N–H and O–H groups in total. The summed E-state index contributed by atoms with van der Waals surface area (Å²) < 4.78 is 1.81. The maximum atomic E-state index is 12.4. The molecule has 2 rings (SSSR count). The molecular weight excluding hydrogens is 358 g/mol. The van der Waals surface area contributed by atoms with E-state index in [0.29, 0.717) is 12.5 Å². The quantitative estimate of drug-likeness (QED) is 0.651. The van der Waals surface area contributed by atoms with E-state index < -0.39 is 0 Å². The Morgan fingerprint density at radius 2 is 1.92 bits per heavy atom. The second-order valence-electron chi connectivity index (χ2n) is 5.29. The van der Waals surface area contributed by atoms with Crippen LogP contribution < -0.4 is 5.32 Å². The fourth-order valence-electron chi connectivity index (χ4n) is 2.22. The van der Waals surface area contributed by atoms with Gasteiger partial charge in [-0.1, -0.05) is 79.0 Å². The number of hydrogen-bond acceptors (Lipinski definition) is 6. The summed E-state index contributed by atoms with van der Waals surface area (Å²) >= 11 is 4.70. The molecule has 130 valence electrons. The fourth-order valence-corrected chi connectivity index (χ4v) is 5.31. The molecule has 1 amide bonds. The summed E-state index contributed by atoms with van der Waals surface area (Å²) in [7, 11) is 0. The Kier molecular flexibility index (Phi) is 8.08. The van der Waals surface area contributed by atoms with Crippen molar-refractivity contribution >= 4 is 40.8 Å². The molecule has 24 heavy (non-hydrogen) atoms. The number of rotatable bonds is 9. The Morgan fingerprint density at radius 3 is 2.58 bits per heavy atom. The van der Waals surface area contributed by atoms with Crippen LogP contribution in [0.3, 0.4) is 0 Å². The minimum Gasteiger partial charge on any atom is -0.355 e. The summed E-state index contributed by atoms with van der Waals surface area (Å²) in [5.74, 6) is 1.38. The van der Waals surface area contributed by atoms with Crippen molar-refractivity contribution in [1.29, 1.82) is 0 Å². The number of carbonyl (C=O) groups excluding carboxylic acids is 1. The molecule has 0 saturated heterocycles. The fraction of sp³-hybridized carbons (Fsp3) is 0.471. The second kappa shape index (κ2) is 10.1. The average molecular weight is 382 g/mol. The third-order valence-electron chi connectivity index (χ3n) is 3.59. The van der Waals surface area contributed by atoms with E-state index in [0.717, 1.165) is 20.9 Å². The first-order chi connectivity index (χ1) is 11.6. The predicted molar refractivity (Wildman–Crippen MR) is 104 cm³/mol. The van der Waals surface area contributed by atoms with Gasteiger partial charge in [0, 0.05) is 12.5 Å². The standard InChI is InChI=1S/C17H23N3OS3/c1-4-13(14-9-7-6-8-10-14)11-18-15(21)12(3)23-17-20-19-16(24-17)22-5-2/h6-10,12-13H,4-5,11H2,1-3H3,(H,18,21)/t12-,13+/m1/s1. The number of aromatic nitrogens is 2. The van der Waals surface area contributed by atoms with Gasteiger partial charge in [0.25, 0.3) is 0 Å². The highest BCUT2D eigenvalue weighted by Gasteiger charge is 2.18. The van der Waals surface area contributed by atoms with Crippen molar-refractivity contribution in [2.75, 3.05) is 12.3 Å². The van der Waals surface area contributed by atoms with Gasteiger partial charge in [0.15, 0.2) is 8.68 Å². The normalized spacial score (nSPS) is 13.5. The van der Waals surface area contributed by atoms with Crippen LogP contribution in [0, 0.1) is 0 Å². The molecule has 0 aliphatic rings. The topological polar surface area (TPSA) is 54.9 Å². The van der Waals surface area contributed by atoms with Gasteiger partial charge < -0.3 is 5.32 Å². The highest BCUT2D eigenvalue weighted by atomic mass is 32.2. The Morgan fingerprint density at radius 1 is 1.21 bits per heavy atom. The zero-order valence-electron chi connectivity index (χ0n) is 14.2. The number of thioether (sulfide) groups is 2. The lowest BCUT2D eigenvalue weighted by atomic mass is 9.96. The predicted octanol–water partition coefficient (Wildman–Crippen LogP) is 4.44. The second-order valence-corrected chi connectivity index (χ2v) is 9.36. The molecule has 0 bridgehead atoms. The lowest BCUT2D eigenvalue weighted by molar-refractivity contribution is -0.120. The lowest BCUT2D eigenvalue weighted by Crippen LogP contribution is -2.34. The van der Waals surface area contributed by atoms with Gasteiger partial charge in [-0.05, 0) is 24.7 Å². The minimum absolute atomic E-state index is 0.0503. The maximum Gasteiger partial charge on any atom is 0.233 e. The lowest BCUT2D eigenvalue weighted by Gasteiger charge is -2.17. The van der Waals surface area contributed by atoms with Crippen molar-refractivity contribution in [2.45, 2.75) is 47.0 Å². The van der Waals surface area contributed by atoms with Crippen molar-refractivity contribution in [2.24, 2.45) is 0 Å². The van der Waals surface area contributed by atoms with Crippen LogP contribution in [0.4, 0.5) is 0 Å². The van der Waals surface area contributed by atoms with Gasteiger partial charge >= 0.3 is 0 Å². The molecule has 0 radical (unpaired) electrons. The van der Waals surface area contributed by atoms with Gasteiger partial charge in [-0.15, -0.1) is 10.2 Å². The zero-order chi connectivity index (χ0) is 17.4. The van der Waals surface area contributed by atoms with Crippen LogP contribution in [-0.4, -0.2) is 33.7 Å². The van der Waals surface area contributed by atoms with Crippen molar-refractivity contribution in [1.82, 2.24) is 15.5 Å². The first kappa shape index (κ1) is 19.3. The molecule has 0 unspecified atom stereocenters. The Labute approximate surface area is 156 Å². The van der Waals surface area contributed by atoms with E-state index in [1.54, 1.807) is 23.1 Å². The molecule has 0 aliphatic carbocycles. The molecule has 1 aromatic heterocycles. The van der Waals surface area contributed by atoms with E-state index >= 15 is 0 Å². The molecule has 0 spiro atoms. The Hall–Kier alpha value is -1.05. The van der Waals surface area contributed by atoms with Crippen molar-refractivity contribution in [3.63, 3.8) is 0 Å². The van der Waals surface area contributed by atoms with E-state index in [9.17, 15) is 4.79 Å². The van der Waals surface area contributed by atoms with Crippen molar-refractivity contribution in [3.8, 4) is 0 Å². The zero-order valence-corrected chi connectivity index (χ0v) is 16.6. The van der Waals surface area contributed by atoms with Gasteiger partial charge in [-0.3, -0.25) is 4.79 Å². The summed E-state index contributed by atoms with van der Waals surface area (Å²) in [6.45, 7) is 6.82. The van der Waals surface area contributed by atoms with Crippen LogP contribution in [0.2, 0.25) is 0 Å². The molecule has 0 saturated carbocycles. The third-order valence-corrected chi connectivity index (χ3v) is 6.71. The minimum atomic E-state index is -0.175. The van der Waals surface area contributed by atoms with E-state index in [-0.39, 0.29) is 11.2 Å². The number of nitrogens with zero attached hydrogens (tertiary/aromatic N) is 2. The van der Waals surface area contributed by atoms with E-state index in [4.69, 9.17) is 0 Å². The third kappa shape index (κ3) is 5.79. The van der Waals surface area contributed by atoms with Gasteiger partial charge in [0.2, 0.25) is 5.91 Å². The summed E-state index contributed by atoms with van der Waals surface area (Å²) in [5, 5.41) is 11.2. The first-order valence-electron chi connectivity index (χ1n) is 8.09. The molecule has 1 heterocycles. The summed E-state index contributed by atoms with van der Waals surface area (Å²) in [6, 6.07) is 10.3. The molecule has 2 aromatic rings. The van der Waals surface area contributed by atoms with Gasteiger partial charge in [0.05, 0.1) is 5.25 Å². The molecule has 4 nitrogen and oxygen atoms in total. The van der Waals surface area contributed by atoms with Gasteiger partial charge in [-0.2, -0.15) is 0 Å². The van der Waals surface area contributed by atoms with Crippen molar-refractivity contribution < 1.29 is 4.79 Å². The van der Waals surface area contributed by atoms with Crippen molar-refractivity contribution in [3.05, 3.63) is 35.9 Å². The highest BCUT2D eigenvalue weighted by Crippen LogP contribution is 2.31. The van der Waals surface area contributed by atoms with Gasteiger partial charge in [-0.25, -0.2) is 0 Å². The smallest absolute Gasteiger partial charge is 0.233 e. The largest absolute Gasteiger partial charge is 0.355 e. The molecule has 2 atom stereocenters. The first-order valence-corrected chi connectivity index (χ1v) is 10.8. The van der Waals surface area contributed by atoms with Crippen LogP contribution in [0.5, 0.6) is 0 Å². The number of hydrogen-bond donors (Lipinski definition) is 1. The monoisotopic (exact) mass is 381 g/mol. The van der Waals surface area contributed by atoms with Crippen LogP contribution in [0.15, 0.2) is 39.0 Å². The van der Waals surface area contributed by atoms with Crippen LogP contribution >= 0.6 is 34.9 Å². The summed E-state index contributed by atoms with van der Waals surface area (Å²) in [6.07, 6.45) is 1.000. The van der Waals surface area contributed by atoms with E-state index in [2.05, 4.69) is 41.5 Å². The molecule has 1 aromatic carbocycles. The summed E-state index contributed by atoms with van der Waals surface area (Å²) in [4.78, 5) is 12.4. The number of carbonyl (C=O) groups is 1. The van der Waals surface area contributed by atoms with E-state index in [1.807, 2.05) is 25.1 Å². The number of nitrogens with one attached hydrogen (secondary N) is 1. The Bertz CT molecular complexity index is 633. The molecule has 7 heteroatoms. The number of benzene rings is 1.